The SMILES string of the molecule is O=C1NCC[C@@]12CCCCNC2. The molecule has 0 aromatic rings. The van der Waals surface area contributed by atoms with Crippen molar-refractivity contribution in [3.8, 4) is 0 Å². The van der Waals surface area contributed by atoms with E-state index in [1.807, 2.05) is 0 Å². The van der Waals surface area contributed by atoms with E-state index in [1.54, 1.807) is 0 Å². The standard InChI is InChI=1S/C9H16N2O/c12-8-9(4-6-11-8)3-1-2-5-10-7-9/h10H,1-7H2,(H,11,12)/t9-/m1/s1. The van der Waals surface area contributed by atoms with Crippen molar-refractivity contribution in [3.63, 3.8) is 0 Å². The highest BCUT2D eigenvalue weighted by molar-refractivity contribution is 5.84. The van der Waals surface area contributed by atoms with Crippen molar-refractivity contribution in [2.24, 2.45) is 5.41 Å². The smallest absolute Gasteiger partial charge is 0.227 e. The van der Waals surface area contributed by atoms with Gasteiger partial charge in [0.2, 0.25) is 5.91 Å². The Morgan fingerprint density at radius 2 is 2.08 bits per heavy atom. The Morgan fingerprint density at radius 1 is 1.17 bits per heavy atom. The van der Waals surface area contributed by atoms with Gasteiger partial charge in [-0.3, -0.25) is 4.79 Å². The molecule has 68 valence electrons. The highest BCUT2D eigenvalue weighted by atomic mass is 16.2. The van der Waals surface area contributed by atoms with Crippen LogP contribution in [0, 0.1) is 5.41 Å². The number of carbonyl (C=O) groups is 1. The monoisotopic (exact) mass is 168 g/mol. The Kier molecular flexibility index (Phi) is 2.05. The van der Waals surface area contributed by atoms with E-state index in [0.29, 0.717) is 0 Å². The van der Waals surface area contributed by atoms with E-state index in [0.717, 1.165) is 32.5 Å². The van der Waals surface area contributed by atoms with Crippen LogP contribution in [0.4, 0.5) is 0 Å². The molecule has 2 aliphatic rings. The lowest BCUT2D eigenvalue weighted by molar-refractivity contribution is -0.127. The molecule has 1 atom stereocenters. The Balaban J connectivity index is 2.11. The van der Waals surface area contributed by atoms with Gasteiger partial charge in [0.25, 0.3) is 0 Å². The summed E-state index contributed by atoms with van der Waals surface area (Å²) in [5.41, 5.74) is -0.0451. The van der Waals surface area contributed by atoms with Gasteiger partial charge in [0.1, 0.15) is 0 Å². The average molecular weight is 168 g/mol. The quantitative estimate of drug-likeness (QED) is 0.545. The van der Waals surface area contributed by atoms with Gasteiger partial charge in [0, 0.05) is 13.1 Å². The van der Waals surface area contributed by atoms with Gasteiger partial charge < -0.3 is 10.6 Å². The minimum Gasteiger partial charge on any atom is -0.356 e. The molecule has 0 bridgehead atoms. The summed E-state index contributed by atoms with van der Waals surface area (Å²) in [7, 11) is 0. The van der Waals surface area contributed by atoms with Crippen molar-refractivity contribution in [1.82, 2.24) is 10.6 Å². The predicted octanol–water partition coefficient (Wildman–Crippen LogP) is 0.266. The molecule has 0 aromatic carbocycles. The molecular weight excluding hydrogens is 152 g/mol. The lowest BCUT2D eigenvalue weighted by Gasteiger charge is -2.23. The number of rotatable bonds is 0. The van der Waals surface area contributed by atoms with Crippen molar-refractivity contribution < 1.29 is 4.79 Å². The van der Waals surface area contributed by atoms with E-state index in [4.69, 9.17) is 0 Å². The van der Waals surface area contributed by atoms with Crippen LogP contribution in [0.5, 0.6) is 0 Å². The first kappa shape index (κ1) is 8.05. The molecule has 2 aliphatic heterocycles. The summed E-state index contributed by atoms with van der Waals surface area (Å²) in [5.74, 6) is 0.275. The fourth-order valence-electron chi connectivity index (χ4n) is 2.25. The van der Waals surface area contributed by atoms with Crippen molar-refractivity contribution in [2.75, 3.05) is 19.6 Å². The predicted molar refractivity (Wildman–Crippen MR) is 46.8 cm³/mol. The first-order valence-electron chi connectivity index (χ1n) is 4.83. The second kappa shape index (κ2) is 3.05. The summed E-state index contributed by atoms with van der Waals surface area (Å²) < 4.78 is 0. The largest absolute Gasteiger partial charge is 0.356 e. The average Bonchev–Trinajstić information content (AvgIpc) is 2.33. The van der Waals surface area contributed by atoms with Crippen molar-refractivity contribution in [2.45, 2.75) is 25.7 Å². The molecule has 2 fully saturated rings. The van der Waals surface area contributed by atoms with Gasteiger partial charge >= 0.3 is 0 Å². The molecule has 0 radical (unpaired) electrons. The minimum atomic E-state index is -0.0451. The van der Waals surface area contributed by atoms with E-state index >= 15 is 0 Å². The summed E-state index contributed by atoms with van der Waals surface area (Å²) in [4.78, 5) is 11.6. The van der Waals surface area contributed by atoms with E-state index < -0.39 is 0 Å². The summed E-state index contributed by atoms with van der Waals surface area (Å²) in [6, 6.07) is 0. The van der Waals surface area contributed by atoms with Crippen molar-refractivity contribution in [3.05, 3.63) is 0 Å². The number of hydrogen-bond acceptors (Lipinski definition) is 2. The van der Waals surface area contributed by atoms with Gasteiger partial charge in [-0.05, 0) is 25.8 Å². The third-order valence-electron chi connectivity index (χ3n) is 3.09. The molecule has 0 aromatic heterocycles. The molecule has 1 spiro atoms. The fraction of sp³-hybridized carbons (Fsp3) is 0.889. The van der Waals surface area contributed by atoms with Crippen LogP contribution >= 0.6 is 0 Å². The molecule has 12 heavy (non-hydrogen) atoms. The maximum atomic E-state index is 11.6. The molecule has 3 nitrogen and oxygen atoms in total. The zero-order valence-corrected chi connectivity index (χ0v) is 7.36. The molecule has 2 heterocycles. The molecule has 2 N–H and O–H groups in total. The molecule has 0 saturated carbocycles. The lowest BCUT2D eigenvalue weighted by atomic mass is 9.82. The highest BCUT2D eigenvalue weighted by Crippen LogP contribution is 2.33. The van der Waals surface area contributed by atoms with Crippen molar-refractivity contribution >= 4 is 5.91 Å². The van der Waals surface area contributed by atoms with Crippen LogP contribution < -0.4 is 10.6 Å². The molecule has 0 unspecified atom stereocenters. The second-order valence-corrected chi connectivity index (χ2v) is 3.92. The normalized spacial score (nSPS) is 36.5. The van der Waals surface area contributed by atoms with Gasteiger partial charge in [-0.2, -0.15) is 0 Å². The first-order chi connectivity index (χ1) is 5.83. The fourth-order valence-corrected chi connectivity index (χ4v) is 2.25. The maximum Gasteiger partial charge on any atom is 0.227 e. The van der Waals surface area contributed by atoms with E-state index in [9.17, 15) is 4.79 Å². The minimum absolute atomic E-state index is 0.0451. The number of carbonyl (C=O) groups excluding carboxylic acids is 1. The summed E-state index contributed by atoms with van der Waals surface area (Å²) in [6.07, 6.45) is 4.51. The molecule has 3 heteroatoms. The van der Waals surface area contributed by atoms with E-state index in [-0.39, 0.29) is 11.3 Å². The third kappa shape index (κ3) is 1.22. The third-order valence-corrected chi connectivity index (χ3v) is 3.09. The van der Waals surface area contributed by atoms with Crippen LogP contribution in [0.25, 0.3) is 0 Å². The van der Waals surface area contributed by atoms with Crippen LogP contribution in [-0.2, 0) is 4.79 Å². The molecule has 0 aliphatic carbocycles. The van der Waals surface area contributed by atoms with Crippen LogP contribution in [0.3, 0.4) is 0 Å². The molecule has 1 amide bonds. The van der Waals surface area contributed by atoms with Gasteiger partial charge in [-0.1, -0.05) is 6.42 Å². The van der Waals surface area contributed by atoms with E-state index in [1.165, 1.54) is 12.8 Å². The summed E-state index contributed by atoms with van der Waals surface area (Å²) in [5, 5.41) is 6.28. The van der Waals surface area contributed by atoms with Crippen molar-refractivity contribution in [1.29, 1.82) is 0 Å². The lowest BCUT2D eigenvalue weighted by Crippen LogP contribution is -2.38. The van der Waals surface area contributed by atoms with Gasteiger partial charge in [0.05, 0.1) is 5.41 Å². The summed E-state index contributed by atoms with van der Waals surface area (Å²) in [6.45, 7) is 2.84. The number of hydrogen-bond donors (Lipinski definition) is 2. The zero-order valence-electron chi connectivity index (χ0n) is 7.36. The van der Waals surface area contributed by atoms with E-state index in [2.05, 4.69) is 10.6 Å². The van der Waals surface area contributed by atoms with Crippen LogP contribution in [0.15, 0.2) is 0 Å². The number of nitrogens with one attached hydrogen (secondary N) is 2. The maximum absolute atomic E-state index is 11.6. The van der Waals surface area contributed by atoms with Crippen LogP contribution in [0.2, 0.25) is 0 Å². The molecule has 2 saturated heterocycles. The number of amides is 1. The van der Waals surface area contributed by atoms with Gasteiger partial charge in [0.15, 0.2) is 0 Å². The molecular formula is C9H16N2O. The Morgan fingerprint density at radius 3 is 2.83 bits per heavy atom. The second-order valence-electron chi connectivity index (χ2n) is 3.92. The van der Waals surface area contributed by atoms with Gasteiger partial charge in [-0.15, -0.1) is 0 Å². The zero-order chi connectivity index (χ0) is 8.44. The Labute approximate surface area is 72.9 Å². The van der Waals surface area contributed by atoms with Crippen LogP contribution in [-0.4, -0.2) is 25.5 Å². The summed E-state index contributed by atoms with van der Waals surface area (Å²) >= 11 is 0. The Bertz CT molecular complexity index is 183. The van der Waals surface area contributed by atoms with Crippen LogP contribution in [0.1, 0.15) is 25.7 Å². The topological polar surface area (TPSA) is 41.1 Å². The highest BCUT2D eigenvalue weighted by Gasteiger charge is 2.41. The van der Waals surface area contributed by atoms with Gasteiger partial charge in [-0.25, -0.2) is 0 Å². The first-order valence-corrected chi connectivity index (χ1v) is 4.83. The Hall–Kier alpha value is -0.570. The molecule has 2 rings (SSSR count).